The Morgan fingerprint density at radius 3 is 2.38 bits per heavy atom. The van der Waals surface area contributed by atoms with Crippen LogP contribution >= 0.6 is 0 Å². The Bertz CT molecular complexity index is 1430. The van der Waals surface area contributed by atoms with Gasteiger partial charge in [0.15, 0.2) is 5.69 Å². The van der Waals surface area contributed by atoms with Crippen molar-refractivity contribution in [2.24, 2.45) is 0 Å². The van der Waals surface area contributed by atoms with Crippen LogP contribution in [-0.2, 0) is 10.0 Å². The van der Waals surface area contributed by atoms with Crippen LogP contribution in [0.2, 0.25) is 0 Å². The molecule has 1 aromatic heterocycles. The average molecular weight is 529 g/mol. The maximum absolute atomic E-state index is 13.4. The number of hydrogen-bond acceptors (Lipinski definition) is 6. The molecule has 0 saturated heterocycles. The number of hydrogen-bond donors (Lipinski definition) is 3. The third-order valence-corrected chi connectivity index (χ3v) is 7.45. The largest absolute Gasteiger partial charge is 0.476 e. The predicted octanol–water partition coefficient (Wildman–Crippen LogP) is 4.90. The number of carbonyl (C=O) groups excluding carboxylic acids is 1. The van der Waals surface area contributed by atoms with Crippen molar-refractivity contribution in [1.29, 1.82) is 0 Å². The fourth-order valence-corrected chi connectivity index (χ4v) is 5.08. The summed E-state index contributed by atoms with van der Waals surface area (Å²) in [6.07, 6.45) is 0.556. The number of rotatable bonds is 10. The van der Waals surface area contributed by atoms with Crippen molar-refractivity contribution < 1.29 is 27.9 Å². The molecule has 10 nitrogen and oxygen atoms in total. The smallest absolute Gasteiger partial charge is 0.356 e. The number of nitrogens with zero attached hydrogens (tertiary/aromatic N) is 2. The van der Waals surface area contributed by atoms with Crippen LogP contribution in [0.4, 0.5) is 5.69 Å². The molecule has 3 rings (SSSR count). The van der Waals surface area contributed by atoms with E-state index in [1.165, 1.54) is 22.9 Å². The third-order valence-electron chi connectivity index (χ3n) is 5.84. The van der Waals surface area contributed by atoms with Gasteiger partial charge in [0.1, 0.15) is 10.6 Å². The minimum Gasteiger partial charge on any atom is -0.476 e. The van der Waals surface area contributed by atoms with Crippen molar-refractivity contribution >= 4 is 27.6 Å². The molecule has 3 aromatic rings. The molecule has 0 radical (unpaired) electrons. The van der Waals surface area contributed by atoms with Crippen LogP contribution in [0.5, 0.6) is 11.6 Å². The summed E-state index contributed by atoms with van der Waals surface area (Å²) in [7, 11) is -4.08. The molecule has 0 fully saturated rings. The van der Waals surface area contributed by atoms with E-state index in [0.717, 1.165) is 5.56 Å². The zero-order valence-electron chi connectivity index (χ0n) is 21.7. The van der Waals surface area contributed by atoms with Gasteiger partial charge in [0.05, 0.1) is 6.04 Å². The number of sulfonamides is 1. The van der Waals surface area contributed by atoms with Gasteiger partial charge in [-0.3, -0.25) is 4.79 Å². The molecular weight excluding hydrogens is 496 g/mol. The first kappa shape index (κ1) is 27.9. The van der Waals surface area contributed by atoms with Crippen molar-refractivity contribution in [3.8, 4) is 11.6 Å². The van der Waals surface area contributed by atoms with Crippen LogP contribution < -0.4 is 14.8 Å². The van der Waals surface area contributed by atoms with Gasteiger partial charge in [-0.2, -0.15) is 5.10 Å². The van der Waals surface area contributed by atoms with E-state index in [2.05, 4.69) is 15.1 Å². The van der Waals surface area contributed by atoms with E-state index in [4.69, 9.17) is 4.74 Å². The monoisotopic (exact) mass is 528 g/mol. The highest BCUT2D eigenvalue weighted by Crippen LogP contribution is 2.35. The molecule has 0 spiro atoms. The number of ether oxygens (including phenoxy) is 1. The van der Waals surface area contributed by atoms with Crippen molar-refractivity contribution in [1.82, 2.24) is 14.5 Å². The number of carboxylic acid groups (broad SMARTS) is 1. The molecule has 37 heavy (non-hydrogen) atoms. The highest BCUT2D eigenvalue weighted by atomic mass is 32.2. The number of aryl methyl sites for hydroxylation is 1. The highest BCUT2D eigenvalue weighted by Gasteiger charge is 2.27. The van der Waals surface area contributed by atoms with E-state index < -0.39 is 16.0 Å². The molecule has 3 N–H and O–H groups in total. The Balaban J connectivity index is 2.10. The molecule has 0 saturated carbocycles. The normalized spacial score (nSPS) is 12.4. The lowest BCUT2D eigenvalue weighted by atomic mass is 10.1. The van der Waals surface area contributed by atoms with Gasteiger partial charge in [0, 0.05) is 22.9 Å². The molecule has 1 amide bonds. The number of aromatic carboxylic acids is 1. The number of carboxylic acids is 1. The van der Waals surface area contributed by atoms with Gasteiger partial charge in [0.2, 0.25) is 15.9 Å². The van der Waals surface area contributed by atoms with Crippen molar-refractivity contribution in [3.63, 3.8) is 0 Å². The molecule has 0 aliphatic rings. The first-order valence-corrected chi connectivity index (χ1v) is 13.4. The number of nitrogens with one attached hydrogen (secondary N) is 2. The van der Waals surface area contributed by atoms with E-state index in [1.54, 1.807) is 39.8 Å². The molecular formula is C26H32N4O6S. The Labute approximate surface area is 216 Å². The highest BCUT2D eigenvalue weighted by molar-refractivity contribution is 7.89. The van der Waals surface area contributed by atoms with Crippen LogP contribution in [0.1, 0.15) is 72.1 Å². The van der Waals surface area contributed by atoms with Crippen LogP contribution in [-0.4, -0.2) is 41.2 Å². The van der Waals surface area contributed by atoms with Gasteiger partial charge >= 0.3 is 5.97 Å². The lowest BCUT2D eigenvalue weighted by Crippen LogP contribution is -2.32. The van der Waals surface area contributed by atoms with Crippen LogP contribution in [0, 0.1) is 13.8 Å². The number of amides is 1. The second-order valence-corrected chi connectivity index (χ2v) is 10.8. The van der Waals surface area contributed by atoms with E-state index >= 15 is 0 Å². The van der Waals surface area contributed by atoms with Gasteiger partial charge in [-0.1, -0.05) is 25.1 Å². The molecule has 2 aromatic carbocycles. The molecule has 0 bridgehead atoms. The Kier molecular flexibility index (Phi) is 8.39. The lowest BCUT2D eigenvalue weighted by Gasteiger charge is -2.18. The lowest BCUT2D eigenvalue weighted by molar-refractivity contribution is 0.0688. The zero-order chi connectivity index (χ0) is 27.5. The fraction of sp³-hybridized carbons (Fsp3) is 0.346. The van der Waals surface area contributed by atoms with E-state index in [0.29, 0.717) is 12.0 Å². The van der Waals surface area contributed by atoms with Crippen molar-refractivity contribution in [2.75, 3.05) is 5.32 Å². The average Bonchev–Trinajstić information content (AvgIpc) is 3.16. The summed E-state index contributed by atoms with van der Waals surface area (Å²) in [4.78, 5) is 24.3. The number of carbonyl (C=O) groups is 2. The fourth-order valence-electron chi connectivity index (χ4n) is 3.60. The Morgan fingerprint density at radius 1 is 1.11 bits per heavy atom. The molecule has 0 aliphatic carbocycles. The minimum absolute atomic E-state index is 0.0356. The number of aromatic nitrogens is 2. The van der Waals surface area contributed by atoms with Gasteiger partial charge in [0.25, 0.3) is 5.91 Å². The predicted molar refractivity (Wildman–Crippen MR) is 140 cm³/mol. The van der Waals surface area contributed by atoms with Gasteiger partial charge in [-0.05, 0) is 70.9 Å². The maximum Gasteiger partial charge on any atom is 0.356 e. The summed E-state index contributed by atoms with van der Waals surface area (Å²) in [6.45, 7) is 10.5. The summed E-state index contributed by atoms with van der Waals surface area (Å²) in [6, 6.07) is 10.7. The second kappa shape index (κ2) is 11.1. The molecule has 11 heteroatoms. The van der Waals surface area contributed by atoms with Gasteiger partial charge in [-0.25, -0.2) is 22.6 Å². The van der Waals surface area contributed by atoms with Gasteiger partial charge < -0.3 is 15.2 Å². The van der Waals surface area contributed by atoms with Crippen LogP contribution in [0.3, 0.4) is 0 Å². The third kappa shape index (κ3) is 6.17. The second-order valence-electron chi connectivity index (χ2n) is 9.09. The van der Waals surface area contributed by atoms with E-state index in [1.807, 2.05) is 26.0 Å². The molecule has 1 atom stereocenters. The Hall–Kier alpha value is -3.70. The summed E-state index contributed by atoms with van der Waals surface area (Å²) >= 11 is 0. The van der Waals surface area contributed by atoms with Crippen molar-refractivity contribution in [3.05, 3.63) is 64.8 Å². The first-order valence-electron chi connectivity index (χ1n) is 11.9. The van der Waals surface area contributed by atoms with E-state index in [9.17, 15) is 23.1 Å². The van der Waals surface area contributed by atoms with Gasteiger partial charge in [-0.15, -0.1) is 0 Å². The number of benzene rings is 2. The maximum atomic E-state index is 13.4. The Morgan fingerprint density at radius 2 is 1.78 bits per heavy atom. The zero-order valence-corrected chi connectivity index (χ0v) is 22.5. The summed E-state index contributed by atoms with van der Waals surface area (Å²) in [5.74, 6) is -1.53. The first-order chi connectivity index (χ1) is 17.4. The standard InChI is InChI=1S/C26H32N4O6S/c1-7-17(5)29-37(34,35)22-14-19(27-24(31)20-11-9-8-10-16(20)4)12-13-21(22)36-25-18(6)23(26(32)33)28-30(25)15(2)3/h8-15,17,29H,7H2,1-6H3,(H,27,31)(H,32,33). The van der Waals surface area contributed by atoms with E-state index in [-0.39, 0.29) is 51.5 Å². The molecule has 198 valence electrons. The quantitative estimate of drug-likeness (QED) is 0.340. The SMILES string of the molecule is CCC(C)NS(=O)(=O)c1cc(NC(=O)c2ccccc2C)ccc1Oc1c(C)c(C(=O)O)nn1C(C)C. The summed E-state index contributed by atoms with van der Waals surface area (Å²) in [5.41, 5.74) is 1.57. The molecule has 0 aliphatic heterocycles. The molecule has 1 heterocycles. The number of anilines is 1. The van der Waals surface area contributed by atoms with Crippen molar-refractivity contribution in [2.45, 2.75) is 64.9 Å². The van der Waals surface area contributed by atoms with Crippen LogP contribution in [0.15, 0.2) is 47.4 Å². The van der Waals surface area contributed by atoms with Crippen LogP contribution in [0.25, 0.3) is 0 Å². The topological polar surface area (TPSA) is 140 Å². The summed E-state index contributed by atoms with van der Waals surface area (Å²) < 4.78 is 36.8. The molecule has 1 unspecified atom stereocenters. The minimum atomic E-state index is -4.08. The summed E-state index contributed by atoms with van der Waals surface area (Å²) in [5, 5.41) is 16.4.